The summed E-state index contributed by atoms with van der Waals surface area (Å²) in [6.07, 6.45) is 3.10. The third-order valence-electron chi connectivity index (χ3n) is 2.75. The molecule has 0 saturated carbocycles. The maximum absolute atomic E-state index is 12.2. The molecule has 2 aromatic heterocycles. The first kappa shape index (κ1) is 9.84. The number of ketones is 2. The molecule has 2 aromatic rings. The van der Waals surface area contributed by atoms with Crippen molar-refractivity contribution in [1.29, 1.82) is 0 Å². The van der Waals surface area contributed by atoms with Gasteiger partial charge in [-0.25, -0.2) is 0 Å². The molecule has 2 heterocycles. The molecule has 0 saturated heterocycles. The van der Waals surface area contributed by atoms with Crippen LogP contribution in [0.2, 0.25) is 0 Å². The normalized spacial score (nSPS) is 13.2. The number of hydrogen-bond donors (Lipinski definition) is 0. The number of carbonyl (C=O) groups is 2. The summed E-state index contributed by atoms with van der Waals surface area (Å²) in [4.78, 5) is 32.3. The van der Waals surface area contributed by atoms with Crippen LogP contribution in [0.25, 0.3) is 0 Å². The van der Waals surface area contributed by atoms with Crippen molar-refractivity contribution in [3.8, 4) is 0 Å². The van der Waals surface area contributed by atoms with E-state index in [1.54, 1.807) is 24.4 Å². The van der Waals surface area contributed by atoms with Crippen LogP contribution in [0, 0.1) is 6.92 Å². The van der Waals surface area contributed by atoms with Crippen molar-refractivity contribution in [2.45, 2.75) is 6.92 Å². The number of hydrogen-bond acceptors (Lipinski definition) is 4. The fourth-order valence-corrected chi connectivity index (χ4v) is 1.95. The van der Waals surface area contributed by atoms with Crippen molar-refractivity contribution in [3.63, 3.8) is 0 Å². The first-order valence-corrected chi connectivity index (χ1v) is 5.19. The largest absolute Gasteiger partial charge is 0.287 e. The summed E-state index contributed by atoms with van der Waals surface area (Å²) in [6, 6.07) is 4.93. The van der Waals surface area contributed by atoms with E-state index >= 15 is 0 Å². The van der Waals surface area contributed by atoms with E-state index in [4.69, 9.17) is 0 Å². The number of rotatable bonds is 0. The summed E-state index contributed by atoms with van der Waals surface area (Å²) in [5.74, 6) is -0.464. The van der Waals surface area contributed by atoms with Crippen molar-refractivity contribution < 1.29 is 9.59 Å². The molecule has 0 aromatic carbocycles. The van der Waals surface area contributed by atoms with E-state index in [9.17, 15) is 9.59 Å². The number of fused-ring (bicyclic) bond motifs is 2. The first-order valence-electron chi connectivity index (χ1n) is 5.19. The minimum atomic E-state index is -0.234. The molecule has 0 aliphatic heterocycles. The SMILES string of the molecule is Cc1cnc2c(c1)C(=O)c1ncccc1C2=O. The Labute approximate surface area is 97.3 Å². The zero-order chi connectivity index (χ0) is 12.0. The monoisotopic (exact) mass is 224 g/mol. The maximum Gasteiger partial charge on any atom is 0.214 e. The van der Waals surface area contributed by atoms with Crippen LogP contribution < -0.4 is 0 Å². The van der Waals surface area contributed by atoms with Gasteiger partial charge in [0, 0.05) is 12.4 Å². The van der Waals surface area contributed by atoms with Gasteiger partial charge in [-0.2, -0.15) is 0 Å². The summed E-state index contributed by atoms with van der Waals surface area (Å²) < 4.78 is 0. The number of carbonyl (C=O) groups excluding carboxylic acids is 2. The fourth-order valence-electron chi connectivity index (χ4n) is 1.95. The van der Waals surface area contributed by atoms with E-state index in [1.807, 2.05) is 6.92 Å². The topological polar surface area (TPSA) is 59.9 Å². The Balaban J connectivity index is 2.33. The van der Waals surface area contributed by atoms with Crippen LogP contribution in [0.1, 0.15) is 37.7 Å². The number of nitrogens with zero attached hydrogens (tertiary/aromatic N) is 2. The molecule has 0 radical (unpaired) electrons. The smallest absolute Gasteiger partial charge is 0.214 e. The van der Waals surface area contributed by atoms with E-state index in [0.717, 1.165) is 5.56 Å². The Bertz CT molecular complexity index is 662. The second-order valence-corrected chi connectivity index (χ2v) is 3.97. The van der Waals surface area contributed by atoms with Crippen molar-refractivity contribution in [1.82, 2.24) is 9.97 Å². The van der Waals surface area contributed by atoms with E-state index in [0.29, 0.717) is 11.1 Å². The standard InChI is InChI=1S/C13H8N2O2/c1-7-5-9-11(15-6-7)12(16)8-3-2-4-14-10(8)13(9)17/h2-6H,1H3. The van der Waals surface area contributed by atoms with Gasteiger partial charge in [-0.1, -0.05) is 0 Å². The predicted molar refractivity (Wildman–Crippen MR) is 60.1 cm³/mol. The summed E-state index contributed by atoms with van der Waals surface area (Å²) in [6.45, 7) is 1.83. The van der Waals surface area contributed by atoms with E-state index in [2.05, 4.69) is 9.97 Å². The van der Waals surface area contributed by atoms with Gasteiger partial charge >= 0.3 is 0 Å². The lowest BCUT2D eigenvalue weighted by Gasteiger charge is -2.15. The molecule has 0 N–H and O–H groups in total. The molecule has 17 heavy (non-hydrogen) atoms. The zero-order valence-corrected chi connectivity index (χ0v) is 9.10. The molecule has 1 aliphatic rings. The maximum atomic E-state index is 12.2. The van der Waals surface area contributed by atoms with Crippen LogP contribution >= 0.6 is 0 Å². The summed E-state index contributed by atoms with van der Waals surface area (Å²) >= 11 is 0. The molecule has 0 unspecified atom stereocenters. The lowest BCUT2D eigenvalue weighted by atomic mass is 9.90. The van der Waals surface area contributed by atoms with Gasteiger partial charge in [0.15, 0.2) is 0 Å². The molecule has 4 nitrogen and oxygen atoms in total. The highest BCUT2D eigenvalue weighted by atomic mass is 16.1. The molecule has 1 aliphatic carbocycles. The molecular formula is C13H8N2O2. The lowest BCUT2D eigenvalue weighted by Crippen LogP contribution is -2.23. The highest BCUT2D eigenvalue weighted by Crippen LogP contribution is 2.24. The van der Waals surface area contributed by atoms with Gasteiger partial charge in [0.1, 0.15) is 11.4 Å². The summed E-state index contributed by atoms with van der Waals surface area (Å²) in [5, 5.41) is 0. The quantitative estimate of drug-likeness (QED) is 0.581. The number of aryl methyl sites for hydroxylation is 1. The van der Waals surface area contributed by atoms with Crippen molar-refractivity contribution in [2.75, 3.05) is 0 Å². The van der Waals surface area contributed by atoms with Gasteiger partial charge in [0.25, 0.3) is 0 Å². The van der Waals surface area contributed by atoms with Crippen molar-refractivity contribution in [3.05, 3.63) is 58.7 Å². The lowest BCUT2D eigenvalue weighted by molar-refractivity contribution is 0.0971. The molecule has 0 atom stereocenters. The summed E-state index contributed by atoms with van der Waals surface area (Å²) in [5.41, 5.74) is 1.98. The van der Waals surface area contributed by atoms with Gasteiger partial charge in [-0.3, -0.25) is 19.6 Å². The average Bonchev–Trinajstić information content (AvgIpc) is 2.36. The Morgan fingerprint density at radius 1 is 1.00 bits per heavy atom. The molecule has 3 rings (SSSR count). The molecule has 4 heteroatoms. The van der Waals surface area contributed by atoms with Gasteiger partial charge < -0.3 is 0 Å². The molecule has 0 fully saturated rings. The highest BCUT2D eigenvalue weighted by molar-refractivity contribution is 6.26. The molecule has 82 valence electrons. The zero-order valence-electron chi connectivity index (χ0n) is 9.10. The van der Waals surface area contributed by atoms with Crippen molar-refractivity contribution in [2.24, 2.45) is 0 Å². The van der Waals surface area contributed by atoms with Crippen LogP contribution in [0.3, 0.4) is 0 Å². The Kier molecular flexibility index (Phi) is 1.92. The van der Waals surface area contributed by atoms with Gasteiger partial charge in [-0.05, 0) is 30.7 Å². The Hall–Kier alpha value is -2.36. The molecule has 0 bridgehead atoms. The number of aromatic nitrogens is 2. The first-order chi connectivity index (χ1) is 8.18. The second-order valence-electron chi connectivity index (χ2n) is 3.97. The second kappa shape index (κ2) is 3.31. The van der Waals surface area contributed by atoms with E-state index < -0.39 is 0 Å². The third-order valence-corrected chi connectivity index (χ3v) is 2.75. The minimum absolute atomic E-state index is 0.220. The fraction of sp³-hybridized carbons (Fsp3) is 0.0769. The van der Waals surface area contributed by atoms with Crippen LogP contribution in [0.4, 0.5) is 0 Å². The summed E-state index contributed by atoms with van der Waals surface area (Å²) in [7, 11) is 0. The van der Waals surface area contributed by atoms with Crippen LogP contribution in [0.5, 0.6) is 0 Å². The van der Waals surface area contributed by atoms with E-state index in [-0.39, 0.29) is 23.0 Å². The Morgan fingerprint density at radius 2 is 1.71 bits per heavy atom. The average molecular weight is 224 g/mol. The van der Waals surface area contributed by atoms with Crippen molar-refractivity contribution >= 4 is 11.6 Å². The van der Waals surface area contributed by atoms with E-state index in [1.165, 1.54) is 6.20 Å². The number of pyridine rings is 2. The Morgan fingerprint density at radius 3 is 2.53 bits per heavy atom. The molecular weight excluding hydrogens is 216 g/mol. The minimum Gasteiger partial charge on any atom is -0.287 e. The van der Waals surface area contributed by atoms with Gasteiger partial charge in [0.2, 0.25) is 11.6 Å². The molecule has 0 amide bonds. The van der Waals surface area contributed by atoms with Gasteiger partial charge in [-0.15, -0.1) is 0 Å². The van der Waals surface area contributed by atoms with Crippen LogP contribution in [-0.2, 0) is 0 Å². The van der Waals surface area contributed by atoms with Crippen LogP contribution in [0.15, 0.2) is 30.6 Å². The third kappa shape index (κ3) is 1.30. The highest BCUT2D eigenvalue weighted by Gasteiger charge is 2.31. The predicted octanol–water partition coefficient (Wildman–Crippen LogP) is 1.56. The molecule has 0 spiro atoms. The van der Waals surface area contributed by atoms with Gasteiger partial charge in [0.05, 0.1) is 11.1 Å². The van der Waals surface area contributed by atoms with Crippen LogP contribution in [-0.4, -0.2) is 21.5 Å².